The van der Waals surface area contributed by atoms with Gasteiger partial charge in [0.25, 0.3) is 0 Å². The Hall–Kier alpha value is -1.75. The van der Waals surface area contributed by atoms with E-state index in [-0.39, 0.29) is 12.2 Å². The zero-order valence-electron chi connectivity index (χ0n) is 12.3. The average molecular weight is 301 g/mol. The molecule has 3 rings (SSSR count). The van der Waals surface area contributed by atoms with Gasteiger partial charge in [0.1, 0.15) is 17.5 Å². The molecule has 1 heterocycles. The summed E-state index contributed by atoms with van der Waals surface area (Å²) in [6.07, 6.45) is -0.237. The van der Waals surface area contributed by atoms with Crippen LogP contribution in [0.1, 0.15) is 11.1 Å². The molecule has 0 radical (unpaired) electrons. The summed E-state index contributed by atoms with van der Waals surface area (Å²) >= 11 is 0. The van der Waals surface area contributed by atoms with E-state index in [4.69, 9.17) is 4.74 Å². The first-order valence-electron chi connectivity index (χ1n) is 7.54. The van der Waals surface area contributed by atoms with Gasteiger partial charge >= 0.3 is 0 Å². The van der Waals surface area contributed by atoms with Gasteiger partial charge in [-0.25, -0.2) is 4.39 Å². The molecule has 2 aromatic rings. The summed E-state index contributed by atoms with van der Waals surface area (Å²) in [5.41, 5.74) is -0.0355. The lowest BCUT2D eigenvalue weighted by molar-refractivity contribution is -0.124. The monoisotopic (exact) mass is 301 g/mol. The Morgan fingerprint density at radius 1 is 1.14 bits per heavy atom. The molecule has 0 saturated carbocycles. The van der Waals surface area contributed by atoms with E-state index in [1.807, 2.05) is 30.3 Å². The number of ether oxygens (including phenoxy) is 1. The van der Waals surface area contributed by atoms with Gasteiger partial charge in [0, 0.05) is 19.5 Å². The van der Waals surface area contributed by atoms with Crippen LogP contribution in [0.15, 0.2) is 54.6 Å². The number of nitrogens with one attached hydrogen (secondary N) is 1. The van der Waals surface area contributed by atoms with Gasteiger partial charge in [-0.05, 0) is 17.2 Å². The highest BCUT2D eigenvalue weighted by atomic mass is 19.1. The van der Waals surface area contributed by atoms with Crippen molar-refractivity contribution in [2.45, 2.75) is 18.1 Å². The molecule has 2 atom stereocenters. The highest BCUT2D eigenvalue weighted by Gasteiger charge is 2.40. The van der Waals surface area contributed by atoms with Crippen molar-refractivity contribution < 1.29 is 14.2 Å². The highest BCUT2D eigenvalue weighted by Crippen LogP contribution is 2.32. The van der Waals surface area contributed by atoms with Crippen molar-refractivity contribution >= 4 is 0 Å². The Balaban J connectivity index is 1.97. The van der Waals surface area contributed by atoms with Crippen molar-refractivity contribution in [1.29, 1.82) is 0 Å². The fraction of sp³-hybridized carbons (Fsp3) is 0.333. The lowest BCUT2D eigenvalue weighted by atomic mass is 9.82. The van der Waals surface area contributed by atoms with Crippen molar-refractivity contribution in [3.63, 3.8) is 0 Å². The van der Waals surface area contributed by atoms with Gasteiger partial charge in [-0.3, -0.25) is 0 Å². The lowest BCUT2D eigenvalue weighted by Crippen LogP contribution is -2.52. The molecule has 0 amide bonds. The van der Waals surface area contributed by atoms with E-state index in [1.54, 1.807) is 18.2 Å². The number of morpholine rings is 1. The first-order valence-corrected chi connectivity index (χ1v) is 7.54. The quantitative estimate of drug-likeness (QED) is 0.910. The lowest BCUT2D eigenvalue weighted by Gasteiger charge is -2.39. The number of aliphatic hydroxyl groups is 1. The Bertz CT molecular complexity index is 613. The maximum absolute atomic E-state index is 14.0. The van der Waals surface area contributed by atoms with Crippen molar-refractivity contribution in [3.8, 4) is 0 Å². The molecule has 22 heavy (non-hydrogen) atoms. The summed E-state index contributed by atoms with van der Waals surface area (Å²) in [6, 6.07) is 15.9. The molecule has 1 saturated heterocycles. The smallest absolute Gasteiger partial charge is 0.126 e. The Morgan fingerprint density at radius 2 is 1.86 bits per heavy atom. The molecular formula is C18H20FNO2. The topological polar surface area (TPSA) is 41.5 Å². The van der Waals surface area contributed by atoms with Gasteiger partial charge in [0.2, 0.25) is 0 Å². The van der Waals surface area contributed by atoms with Crippen LogP contribution < -0.4 is 5.32 Å². The Kier molecular flexibility index (Phi) is 4.52. The molecule has 3 nitrogen and oxygen atoms in total. The van der Waals surface area contributed by atoms with Gasteiger partial charge in [0.15, 0.2) is 0 Å². The van der Waals surface area contributed by atoms with Crippen LogP contribution in [0.3, 0.4) is 0 Å². The molecule has 2 N–H and O–H groups in total. The van der Waals surface area contributed by atoms with Crippen molar-refractivity contribution in [3.05, 3.63) is 71.5 Å². The zero-order chi connectivity index (χ0) is 15.4. The first kappa shape index (κ1) is 15.2. The molecule has 0 aromatic heterocycles. The fourth-order valence-corrected chi connectivity index (χ4v) is 2.93. The van der Waals surface area contributed by atoms with Gasteiger partial charge in [-0.15, -0.1) is 0 Å². The number of hydrogen-bond acceptors (Lipinski definition) is 3. The second-order valence-corrected chi connectivity index (χ2v) is 5.62. The van der Waals surface area contributed by atoms with E-state index in [2.05, 4.69) is 5.32 Å². The zero-order valence-corrected chi connectivity index (χ0v) is 12.3. The van der Waals surface area contributed by atoms with Crippen LogP contribution in [0.2, 0.25) is 0 Å². The van der Waals surface area contributed by atoms with Crippen molar-refractivity contribution in [2.75, 3.05) is 19.7 Å². The molecule has 1 fully saturated rings. The molecule has 1 aliphatic rings. The molecule has 1 unspecified atom stereocenters. The average Bonchev–Trinajstić information content (AvgIpc) is 2.58. The summed E-state index contributed by atoms with van der Waals surface area (Å²) in [7, 11) is 0. The number of halogens is 1. The summed E-state index contributed by atoms with van der Waals surface area (Å²) < 4.78 is 19.8. The maximum atomic E-state index is 14.0. The fourth-order valence-electron chi connectivity index (χ4n) is 2.93. The third kappa shape index (κ3) is 3.04. The summed E-state index contributed by atoms with van der Waals surface area (Å²) in [5.74, 6) is -0.305. The summed E-state index contributed by atoms with van der Waals surface area (Å²) in [4.78, 5) is 0. The van der Waals surface area contributed by atoms with E-state index >= 15 is 0 Å². The van der Waals surface area contributed by atoms with Gasteiger partial charge in [-0.2, -0.15) is 0 Å². The number of hydrogen-bond donors (Lipinski definition) is 2. The normalized spacial score (nSPS) is 21.3. The third-order valence-corrected chi connectivity index (χ3v) is 4.15. The predicted octanol–water partition coefficient (Wildman–Crippen LogP) is 2.24. The molecule has 0 aliphatic carbocycles. The summed E-state index contributed by atoms with van der Waals surface area (Å²) in [5, 5.41) is 14.6. The minimum Gasteiger partial charge on any atom is -0.382 e. The first-order chi connectivity index (χ1) is 10.7. The van der Waals surface area contributed by atoms with Crippen LogP contribution in [0.5, 0.6) is 0 Å². The van der Waals surface area contributed by atoms with Crippen LogP contribution in [-0.2, 0) is 16.8 Å². The number of rotatable bonds is 4. The summed E-state index contributed by atoms with van der Waals surface area (Å²) in [6.45, 7) is 1.85. The van der Waals surface area contributed by atoms with Crippen LogP contribution >= 0.6 is 0 Å². The van der Waals surface area contributed by atoms with Crippen LogP contribution in [0, 0.1) is 5.82 Å². The van der Waals surface area contributed by atoms with Crippen molar-refractivity contribution in [1.82, 2.24) is 5.32 Å². The minimum absolute atomic E-state index is 0.177. The molecule has 116 valence electrons. The number of benzene rings is 2. The second kappa shape index (κ2) is 6.57. The van der Waals surface area contributed by atoms with E-state index in [0.29, 0.717) is 18.7 Å². The van der Waals surface area contributed by atoms with Gasteiger partial charge in [-0.1, -0.05) is 48.5 Å². The third-order valence-electron chi connectivity index (χ3n) is 4.15. The maximum Gasteiger partial charge on any atom is 0.126 e. The van der Waals surface area contributed by atoms with Crippen molar-refractivity contribution in [2.24, 2.45) is 0 Å². The largest absolute Gasteiger partial charge is 0.382 e. The van der Waals surface area contributed by atoms with Gasteiger partial charge < -0.3 is 15.2 Å². The molecule has 0 spiro atoms. The Morgan fingerprint density at radius 3 is 2.55 bits per heavy atom. The predicted molar refractivity (Wildman–Crippen MR) is 83.1 cm³/mol. The van der Waals surface area contributed by atoms with E-state index < -0.39 is 11.7 Å². The standard InChI is InChI=1S/C18H20FNO2/c19-16-9-5-4-6-14(16)12-18(21,15-7-2-1-3-8-15)17-13-20-10-11-22-17/h1-9,17,20-21H,10-13H2/t17-,18?/m0/s1. The second-order valence-electron chi connectivity index (χ2n) is 5.62. The van der Waals surface area contributed by atoms with E-state index in [0.717, 1.165) is 12.1 Å². The molecular weight excluding hydrogens is 281 g/mol. The molecule has 4 heteroatoms. The molecule has 1 aliphatic heterocycles. The van der Waals surface area contributed by atoms with E-state index in [1.165, 1.54) is 6.07 Å². The van der Waals surface area contributed by atoms with E-state index in [9.17, 15) is 9.50 Å². The minimum atomic E-state index is -1.27. The highest BCUT2D eigenvalue weighted by molar-refractivity contribution is 5.29. The molecule has 2 aromatic carbocycles. The van der Waals surface area contributed by atoms with Crippen LogP contribution in [-0.4, -0.2) is 30.9 Å². The van der Waals surface area contributed by atoms with Crippen LogP contribution in [0.25, 0.3) is 0 Å². The van der Waals surface area contributed by atoms with Gasteiger partial charge in [0.05, 0.1) is 6.61 Å². The molecule has 0 bridgehead atoms. The Labute approximate surface area is 129 Å². The van der Waals surface area contributed by atoms with Crippen LogP contribution in [0.4, 0.5) is 4.39 Å². The SMILES string of the molecule is OC(Cc1ccccc1F)(c1ccccc1)[C@@H]1CNCCO1.